The molecule has 0 spiro atoms. The molecule has 70 valence electrons. The van der Waals surface area contributed by atoms with Crippen LogP contribution in [0.25, 0.3) is 0 Å². The van der Waals surface area contributed by atoms with Crippen LogP contribution in [-0.4, -0.2) is 21.6 Å². The molecule has 1 heterocycles. The van der Waals surface area contributed by atoms with Gasteiger partial charge in [0.1, 0.15) is 5.82 Å². The Kier molecular flexibility index (Phi) is 3.71. The van der Waals surface area contributed by atoms with Gasteiger partial charge in [0, 0.05) is 6.42 Å². The Hall–Kier alpha value is -1.08. The van der Waals surface area contributed by atoms with Crippen LogP contribution in [0.15, 0.2) is 6.33 Å². The molecule has 1 rings (SSSR count). The molecule has 0 amide bonds. The minimum Gasteiger partial charge on any atom is -0.384 e. The topological polar surface area (TPSA) is 43.8 Å². The van der Waals surface area contributed by atoms with Crippen LogP contribution in [0.1, 0.15) is 5.69 Å². The van der Waals surface area contributed by atoms with Crippen LogP contribution in [0.2, 0.25) is 0 Å². The number of nitrogens with two attached hydrogens (primary N) is 1. The zero-order valence-electron chi connectivity index (χ0n) is 7.66. The van der Waals surface area contributed by atoms with Gasteiger partial charge in [0.05, 0.1) is 18.6 Å². The summed E-state index contributed by atoms with van der Waals surface area (Å²) in [5.41, 5.74) is 6.77. The lowest BCUT2D eigenvalue weighted by atomic mass is 10.3. The number of rotatable bonds is 4. The molecule has 4 heteroatoms. The van der Waals surface area contributed by atoms with Crippen molar-refractivity contribution in [3.63, 3.8) is 0 Å². The van der Waals surface area contributed by atoms with Gasteiger partial charge in [0.15, 0.2) is 0 Å². The number of hydrogen-bond acceptors (Lipinski definition) is 3. The van der Waals surface area contributed by atoms with Crippen molar-refractivity contribution in [2.75, 3.05) is 17.7 Å². The lowest BCUT2D eigenvalue weighted by molar-refractivity contribution is 0.851. The van der Waals surface area contributed by atoms with Crippen molar-refractivity contribution in [3.8, 4) is 12.3 Å². The summed E-state index contributed by atoms with van der Waals surface area (Å²) < 4.78 is 1.79. The van der Waals surface area contributed by atoms with E-state index in [2.05, 4.69) is 17.2 Å². The van der Waals surface area contributed by atoms with E-state index in [1.54, 1.807) is 22.7 Å². The standard InChI is InChI=1S/C9H13N3S/c1-3-5-12-7-11-8(9(12)10)4-6-13-2/h1,7H,4-6,10H2,2H3. The van der Waals surface area contributed by atoms with Gasteiger partial charge in [-0.05, 0) is 12.0 Å². The molecule has 0 aromatic carbocycles. The highest BCUT2D eigenvalue weighted by molar-refractivity contribution is 7.98. The van der Waals surface area contributed by atoms with E-state index in [4.69, 9.17) is 12.2 Å². The number of nitrogens with zero attached hydrogens (tertiary/aromatic N) is 2. The van der Waals surface area contributed by atoms with Crippen molar-refractivity contribution in [1.82, 2.24) is 9.55 Å². The summed E-state index contributed by atoms with van der Waals surface area (Å²) in [6, 6.07) is 0. The van der Waals surface area contributed by atoms with Gasteiger partial charge in [-0.15, -0.1) is 6.42 Å². The molecule has 0 aliphatic heterocycles. The lowest BCUT2D eigenvalue weighted by Crippen LogP contribution is -2.02. The second-order valence-electron chi connectivity index (χ2n) is 2.65. The highest BCUT2D eigenvalue weighted by Gasteiger charge is 2.05. The fourth-order valence-corrected chi connectivity index (χ4v) is 1.45. The zero-order chi connectivity index (χ0) is 9.68. The first-order valence-corrected chi connectivity index (χ1v) is 5.41. The van der Waals surface area contributed by atoms with Crippen LogP contribution in [0.5, 0.6) is 0 Å². The number of aromatic nitrogens is 2. The zero-order valence-corrected chi connectivity index (χ0v) is 8.47. The molecule has 0 saturated heterocycles. The number of nitrogen functional groups attached to an aromatic ring is 1. The van der Waals surface area contributed by atoms with Crippen LogP contribution in [0.3, 0.4) is 0 Å². The minimum absolute atomic E-state index is 0.498. The first kappa shape index (κ1) is 10.0. The van der Waals surface area contributed by atoms with Gasteiger partial charge in [-0.3, -0.25) is 0 Å². The number of aryl methyl sites for hydroxylation is 1. The summed E-state index contributed by atoms with van der Waals surface area (Å²) in [5.74, 6) is 4.27. The Morgan fingerprint density at radius 3 is 3.15 bits per heavy atom. The molecule has 0 bridgehead atoms. The van der Waals surface area contributed by atoms with Crippen LogP contribution in [0.4, 0.5) is 5.82 Å². The summed E-state index contributed by atoms with van der Waals surface area (Å²) >= 11 is 1.78. The third-order valence-corrected chi connectivity index (χ3v) is 2.38. The van der Waals surface area contributed by atoms with Gasteiger partial charge in [0.25, 0.3) is 0 Å². The van der Waals surface area contributed by atoms with Crippen molar-refractivity contribution in [3.05, 3.63) is 12.0 Å². The van der Waals surface area contributed by atoms with Crippen molar-refractivity contribution in [2.24, 2.45) is 0 Å². The van der Waals surface area contributed by atoms with Gasteiger partial charge in [-0.25, -0.2) is 4.98 Å². The Balaban J connectivity index is 2.69. The van der Waals surface area contributed by atoms with E-state index in [9.17, 15) is 0 Å². The second kappa shape index (κ2) is 4.83. The predicted molar refractivity (Wildman–Crippen MR) is 57.6 cm³/mol. The number of imidazole rings is 1. The maximum Gasteiger partial charge on any atom is 0.127 e. The fraction of sp³-hybridized carbons (Fsp3) is 0.444. The molecule has 1 aromatic rings. The summed E-state index contributed by atoms with van der Waals surface area (Å²) in [6.45, 7) is 0.498. The molecule has 0 saturated carbocycles. The highest BCUT2D eigenvalue weighted by atomic mass is 32.2. The molecule has 13 heavy (non-hydrogen) atoms. The molecule has 0 aliphatic carbocycles. The fourth-order valence-electron chi connectivity index (χ4n) is 1.05. The molecule has 0 radical (unpaired) electrons. The van der Waals surface area contributed by atoms with Gasteiger partial charge >= 0.3 is 0 Å². The van der Waals surface area contributed by atoms with E-state index >= 15 is 0 Å². The number of anilines is 1. The molecule has 3 nitrogen and oxygen atoms in total. The number of hydrogen-bond donors (Lipinski definition) is 1. The number of terminal acetylenes is 1. The van der Waals surface area contributed by atoms with E-state index in [-0.39, 0.29) is 0 Å². The molecule has 1 aromatic heterocycles. The van der Waals surface area contributed by atoms with Gasteiger partial charge < -0.3 is 10.3 Å². The first-order valence-electron chi connectivity index (χ1n) is 4.01. The third kappa shape index (κ3) is 2.43. The highest BCUT2D eigenvalue weighted by Crippen LogP contribution is 2.11. The Morgan fingerprint density at radius 1 is 1.77 bits per heavy atom. The summed E-state index contributed by atoms with van der Waals surface area (Å²) in [7, 11) is 0. The maximum absolute atomic E-state index is 5.83. The van der Waals surface area contributed by atoms with Gasteiger partial charge in [-0.2, -0.15) is 11.8 Å². The SMILES string of the molecule is C#CCn1cnc(CCSC)c1N. The molecular weight excluding hydrogens is 182 g/mol. The first-order chi connectivity index (χ1) is 6.29. The molecule has 2 N–H and O–H groups in total. The van der Waals surface area contributed by atoms with E-state index in [0.29, 0.717) is 12.4 Å². The lowest BCUT2D eigenvalue weighted by Gasteiger charge is -2.00. The smallest absolute Gasteiger partial charge is 0.127 e. The predicted octanol–water partition coefficient (Wildman–Crippen LogP) is 1.00. The van der Waals surface area contributed by atoms with Crippen molar-refractivity contribution in [2.45, 2.75) is 13.0 Å². The monoisotopic (exact) mass is 195 g/mol. The average molecular weight is 195 g/mol. The normalized spacial score (nSPS) is 9.85. The Bertz CT molecular complexity index is 311. The molecule has 0 unspecified atom stereocenters. The number of thioether (sulfide) groups is 1. The summed E-state index contributed by atoms with van der Waals surface area (Å²) in [5, 5.41) is 0. The maximum atomic E-state index is 5.83. The van der Waals surface area contributed by atoms with Crippen LogP contribution < -0.4 is 5.73 Å². The van der Waals surface area contributed by atoms with Gasteiger partial charge in [0.2, 0.25) is 0 Å². The summed E-state index contributed by atoms with van der Waals surface area (Å²) in [4.78, 5) is 4.20. The van der Waals surface area contributed by atoms with E-state index in [1.807, 2.05) is 0 Å². The quantitative estimate of drug-likeness (QED) is 0.729. The van der Waals surface area contributed by atoms with E-state index in [1.165, 1.54) is 0 Å². The van der Waals surface area contributed by atoms with Crippen molar-refractivity contribution in [1.29, 1.82) is 0 Å². The third-order valence-electron chi connectivity index (χ3n) is 1.76. The molecular formula is C9H13N3S. The average Bonchev–Trinajstić information content (AvgIpc) is 2.46. The molecule has 0 fully saturated rings. The minimum atomic E-state index is 0.498. The van der Waals surface area contributed by atoms with Gasteiger partial charge in [-0.1, -0.05) is 5.92 Å². The van der Waals surface area contributed by atoms with Crippen molar-refractivity contribution < 1.29 is 0 Å². The van der Waals surface area contributed by atoms with Crippen LogP contribution in [-0.2, 0) is 13.0 Å². The Morgan fingerprint density at radius 2 is 2.54 bits per heavy atom. The van der Waals surface area contributed by atoms with Crippen LogP contribution in [0, 0.1) is 12.3 Å². The van der Waals surface area contributed by atoms with Crippen molar-refractivity contribution >= 4 is 17.6 Å². The second-order valence-corrected chi connectivity index (χ2v) is 3.64. The van der Waals surface area contributed by atoms with E-state index in [0.717, 1.165) is 17.9 Å². The Labute approximate surface area is 82.7 Å². The molecule has 0 atom stereocenters. The largest absolute Gasteiger partial charge is 0.384 e. The van der Waals surface area contributed by atoms with Crippen LogP contribution >= 0.6 is 11.8 Å². The summed E-state index contributed by atoms with van der Waals surface area (Å²) in [6.07, 6.45) is 9.85. The molecule has 0 aliphatic rings. The van der Waals surface area contributed by atoms with E-state index < -0.39 is 0 Å².